The van der Waals surface area contributed by atoms with Crippen LogP contribution in [0.5, 0.6) is 0 Å². The SMILES string of the molecule is OCCN1CCN(C2=CC[CH]C=C2)CC1. The van der Waals surface area contributed by atoms with Gasteiger partial charge in [-0.25, -0.2) is 0 Å². The first-order valence-corrected chi connectivity index (χ1v) is 5.68. The van der Waals surface area contributed by atoms with Crippen molar-refractivity contribution in [1.29, 1.82) is 0 Å². The number of piperazine rings is 1. The van der Waals surface area contributed by atoms with Gasteiger partial charge < -0.3 is 10.0 Å². The van der Waals surface area contributed by atoms with Crippen LogP contribution in [0.1, 0.15) is 6.42 Å². The van der Waals surface area contributed by atoms with Gasteiger partial charge >= 0.3 is 0 Å². The van der Waals surface area contributed by atoms with E-state index < -0.39 is 0 Å². The quantitative estimate of drug-likeness (QED) is 0.736. The molecule has 3 heteroatoms. The number of aliphatic hydroxyl groups is 1. The molecule has 1 N–H and O–H groups in total. The van der Waals surface area contributed by atoms with Crippen molar-refractivity contribution in [3.63, 3.8) is 0 Å². The minimum absolute atomic E-state index is 0.275. The summed E-state index contributed by atoms with van der Waals surface area (Å²) in [6, 6.07) is 0. The zero-order valence-corrected chi connectivity index (χ0v) is 9.10. The topological polar surface area (TPSA) is 26.7 Å². The fraction of sp³-hybridized carbons (Fsp3) is 0.583. The monoisotopic (exact) mass is 207 g/mol. The van der Waals surface area contributed by atoms with E-state index in [1.165, 1.54) is 5.70 Å². The Morgan fingerprint density at radius 2 is 2.00 bits per heavy atom. The average Bonchev–Trinajstić information content (AvgIpc) is 2.32. The molecule has 0 unspecified atom stereocenters. The van der Waals surface area contributed by atoms with Gasteiger partial charge in [-0.05, 0) is 18.9 Å². The maximum Gasteiger partial charge on any atom is 0.0558 e. The van der Waals surface area contributed by atoms with Crippen LogP contribution in [0.2, 0.25) is 0 Å². The first kappa shape index (κ1) is 10.7. The first-order chi connectivity index (χ1) is 7.40. The molecule has 1 aliphatic carbocycles. The number of allylic oxidation sites excluding steroid dienone is 3. The Morgan fingerprint density at radius 1 is 1.20 bits per heavy atom. The molecule has 1 fully saturated rings. The van der Waals surface area contributed by atoms with Gasteiger partial charge in [0.1, 0.15) is 0 Å². The zero-order chi connectivity index (χ0) is 10.5. The second kappa shape index (κ2) is 5.33. The van der Waals surface area contributed by atoms with Crippen LogP contribution >= 0.6 is 0 Å². The van der Waals surface area contributed by atoms with Gasteiger partial charge in [0.15, 0.2) is 0 Å². The van der Waals surface area contributed by atoms with E-state index in [0.717, 1.165) is 39.1 Å². The van der Waals surface area contributed by atoms with Crippen LogP contribution < -0.4 is 0 Å². The van der Waals surface area contributed by atoms with Crippen LogP contribution in [-0.4, -0.2) is 54.2 Å². The second-order valence-corrected chi connectivity index (χ2v) is 4.01. The Kier molecular flexibility index (Phi) is 3.80. The van der Waals surface area contributed by atoms with Crippen molar-refractivity contribution in [3.8, 4) is 0 Å². The molecule has 0 aromatic rings. The molecule has 0 bridgehead atoms. The number of hydrogen-bond donors (Lipinski definition) is 1. The average molecular weight is 207 g/mol. The van der Waals surface area contributed by atoms with Crippen molar-refractivity contribution in [2.24, 2.45) is 0 Å². The highest BCUT2D eigenvalue weighted by atomic mass is 16.3. The maximum absolute atomic E-state index is 8.85. The third kappa shape index (κ3) is 2.83. The fourth-order valence-corrected chi connectivity index (χ4v) is 2.11. The lowest BCUT2D eigenvalue weighted by Crippen LogP contribution is -2.46. The molecule has 83 valence electrons. The van der Waals surface area contributed by atoms with E-state index in [0.29, 0.717) is 0 Å². The number of hydrogen-bond acceptors (Lipinski definition) is 3. The summed E-state index contributed by atoms with van der Waals surface area (Å²) in [6.45, 7) is 5.38. The molecule has 2 aliphatic rings. The van der Waals surface area contributed by atoms with E-state index in [9.17, 15) is 0 Å². The van der Waals surface area contributed by atoms with Crippen molar-refractivity contribution in [2.45, 2.75) is 6.42 Å². The maximum atomic E-state index is 8.85. The molecule has 0 aromatic carbocycles. The highest BCUT2D eigenvalue weighted by molar-refractivity contribution is 5.25. The van der Waals surface area contributed by atoms with E-state index in [-0.39, 0.29) is 6.61 Å². The van der Waals surface area contributed by atoms with Gasteiger partial charge in [-0.1, -0.05) is 12.2 Å². The normalized spacial score (nSPS) is 23.0. The van der Waals surface area contributed by atoms with Crippen molar-refractivity contribution < 1.29 is 5.11 Å². The summed E-state index contributed by atoms with van der Waals surface area (Å²) in [5.74, 6) is 0. The second-order valence-electron chi connectivity index (χ2n) is 4.01. The highest BCUT2D eigenvalue weighted by Crippen LogP contribution is 2.15. The van der Waals surface area contributed by atoms with Crippen molar-refractivity contribution >= 4 is 0 Å². The molecule has 0 aromatic heterocycles. The number of nitrogens with zero attached hydrogens (tertiary/aromatic N) is 2. The molecule has 15 heavy (non-hydrogen) atoms. The van der Waals surface area contributed by atoms with Crippen molar-refractivity contribution in [3.05, 3.63) is 30.3 Å². The molecule has 0 saturated carbocycles. The van der Waals surface area contributed by atoms with E-state index in [1.54, 1.807) is 0 Å². The van der Waals surface area contributed by atoms with E-state index in [2.05, 4.69) is 34.4 Å². The molecule has 1 aliphatic heterocycles. The summed E-state index contributed by atoms with van der Waals surface area (Å²) in [7, 11) is 0. The van der Waals surface area contributed by atoms with Crippen LogP contribution in [0.25, 0.3) is 0 Å². The van der Waals surface area contributed by atoms with Crippen LogP contribution in [0, 0.1) is 6.42 Å². The summed E-state index contributed by atoms with van der Waals surface area (Å²) in [5.41, 5.74) is 1.36. The Hall–Kier alpha value is -0.800. The van der Waals surface area contributed by atoms with Crippen LogP contribution in [0.4, 0.5) is 0 Å². The van der Waals surface area contributed by atoms with Gasteiger partial charge in [-0.2, -0.15) is 0 Å². The van der Waals surface area contributed by atoms with E-state index in [1.807, 2.05) is 0 Å². The summed E-state index contributed by atoms with van der Waals surface area (Å²) in [5, 5.41) is 8.85. The minimum atomic E-state index is 0.275. The molecular formula is C12H19N2O. The molecule has 0 spiro atoms. The fourth-order valence-electron chi connectivity index (χ4n) is 2.11. The Morgan fingerprint density at radius 3 is 2.60 bits per heavy atom. The summed E-state index contributed by atoms with van der Waals surface area (Å²) >= 11 is 0. The molecule has 0 atom stereocenters. The van der Waals surface area contributed by atoms with Crippen LogP contribution in [-0.2, 0) is 0 Å². The van der Waals surface area contributed by atoms with Crippen molar-refractivity contribution in [2.75, 3.05) is 39.3 Å². The van der Waals surface area contributed by atoms with E-state index >= 15 is 0 Å². The standard InChI is InChI=1S/C12H19N2O/c15-11-10-13-6-8-14(9-7-13)12-4-2-1-3-5-12/h1-2,4-5,15H,3,6-11H2. The lowest BCUT2D eigenvalue weighted by Gasteiger charge is -2.36. The van der Waals surface area contributed by atoms with Gasteiger partial charge in [-0.15, -0.1) is 0 Å². The summed E-state index contributed by atoms with van der Waals surface area (Å²) in [4.78, 5) is 4.74. The Balaban J connectivity index is 1.82. The molecular weight excluding hydrogens is 188 g/mol. The van der Waals surface area contributed by atoms with Gasteiger partial charge in [0.2, 0.25) is 0 Å². The molecule has 0 amide bonds. The van der Waals surface area contributed by atoms with Crippen LogP contribution in [0.3, 0.4) is 0 Å². The van der Waals surface area contributed by atoms with Gasteiger partial charge in [0.05, 0.1) is 6.61 Å². The third-order valence-corrected chi connectivity index (χ3v) is 3.02. The minimum Gasteiger partial charge on any atom is -0.395 e. The number of aliphatic hydroxyl groups excluding tert-OH is 1. The lowest BCUT2D eigenvalue weighted by molar-refractivity contribution is 0.133. The van der Waals surface area contributed by atoms with Gasteiger partial charge in [-0.3, -0.25) is 4.90 Å². The molecule has 1 radical (unpaired) electrons. The van der Waals surface area contributed by atoms with Gasteiger partial charge in [0.25, 0.3) is 0 Å². The smallest absolute Gasteiger partial charge is 0.0558 e. The predicted octanol–water partition coefficient (Wildman–Crippen LogP) is 0.644. The molecule has 1 saturated heterocycles. The first-order valence-electron chi connectivity index (χ1n) is 5.68. The zero-order valence-electron chi connectivity index (χ0n) is 9.10. The lowest BCUT2D eigenvalue weighted by atomic mass is 10.1. The third-order valence-electron chi connectivity index (χ3n) is 3.02. The number of β-amino-alcohol motifs (C(OH)–C–C–N with tert-alkyl or cyclic N) is 1. The van der Waals surface area contributed by atoms with E-state index in [4.69, 9.17) is 5.11 Å². The summed E-state index contributed by atoms with van der Waals surface area (Å²) in [6.07, 6.45) is 9.83. The molecule has 2 rings (SSSR count). The highest BCUT2D eigenvalue weighted by Gasteiger charge is 2.17. The molecule has 1 heterocycles. The van der Waals surface area contributed by atoms with Crippen molar-refractivity contribution in [1.82, 2.24) is 9.80 Å². The Labute approximate surface area is 91.7 Å². The molecule has 3 nitrogen and oxygen atoms in total. The van der Waals surface area contributed by atoms with Gasteiger partial charge in [0, 0.05) is 38.4 Å². The Bertz CT molecular complexity index is 252. The summed E-state index contributed by atoms with van der Waals surface area (Å²) < 4.78 is 0. The van der Waals surface area contributed by atoms with Crippen LogP contribution in [0.15, 0.2) is 23.9 Å². The number of rotatable bonds is 3. The largest absolute Gasteiger partial charge is 0.395 e. The predicted molar refractivity (Wildman–Crippen MR) is 61.2 cm³/mol.